The second-order valence-corrected chi connectivity index (χ2v) is 7.96. The Labute approximate surface area is 194 Å². The van der Waals surface area contributed by atoms with E-state index in [9.17, 15) is 8.78 Å². The first-order valence-electron chi connectivity index (χ1n) is 11.0. The zero-order chi connectivity index (χ0) is 23.6. The van der Waals surface area contributed by atoms with Crippen molar-refractivity contribution < 1.29 is 23.0 Å². The summed E-state index contributed by atoms with van der Waals surface area (Å²) in [6.07, 6.45) is 1.39. The van der Waals surface area contributed by atoms with Gasteiger partial charge in [0.15, 0.2) is 0 Å². The molecule has 0 aliphatic carbocycles. The van der Waals surface area contributed by atoms with Crippen molar-refractivity contribution in [2.45, 2.75) is 38.8 Å². The molecule has 0 bridgehead atoms. The molecule has 3 rings (SSSR count). The van der Waals surface area contributed by atoms with Crippen LogP contribution in [0.25, 0.3) is 0 Å². The summed E-state index contributed by atoms with van der Waals surface area (Å²) in [5.74, 6) is -0.626. The molecule has 3 atom stereocenters. The quantitative estimate of drug-likeness (QED) is 0.293. The molecular weight excluding hydrogens is 422 g/mol. The standard InChI is InChI=1S/C28H30F2O3/c1-4-23(16-24-12-13-25(29)17-27(24)30)28(33-19-21-8-6-5-7-9-21)20(2)32-18-22-10-14-26(31-3)15-11-22/h4-15,17,20,23,28H,1,16,18-19H2,2-3H3/t20-,23+,28-/m0/s1. The van der Waals surface area contributed by atoms with E-state index in [4.69, 9.17) is 14.2 Å². The Morgan fingerprint density at radius 2 is 1.55 bits per heavy atom. The van der Waals surface area contributed by atoms with E-state index in [0.29, 0.717) is 25.2 Å². The molecule has 5 heteroatoms. The summed E-state index contributed by atoms with van der Waals surface area (Å²) in [5, 5.41) is 0. The van der Waals surface area contributed by atoms with Crippen LogP contribution in [0.15, 0.2) is 85.5 Å². The van der Waals surface area contributed by atoms with E-state index >= 15 is 0 Å². The average molecular weight is 453 g/mol. The third-order valence-electron chi connectivity index (χ3n) is 5.62. The first-order chi connectivity index (χ1) is 16.0. The number of rotatable bonds is 12. The van der Waals surface area contributed by atoms with Crippen molar-refractivity contribution in [2.24, 2.45) is 5.92 Å². The van der Waals surface area contributed by atoms with Crippen LogP contribution in [-0.4, -0.2) is 19.3 Å². The fourth-order valence-corrected chi connectivity index (χ4v) is 3.69. The lowest BCUT2D eigenvalue weighted by atomic mass is 9.90. The highest BCUT2D eigenvalue weighted by Gasteiger charge is 2.28. The largest absolute Gasteiger partial charge is 0.497 e. The third kappa shape index (κ3) is 7.24. The van der Waals surface area contributed by atoms with E-state index in [1.54, 1.807) is 13.2 Å². The van der Waals surface area contributed by atoms with Crippen LogP contribution < -0.4 is 4.74 Å². The summed E-state index contributed by atoms with van der Waals surface area (Å²) >= 11 is 0. The monoisotopic (exact) mass is 452 g/mol. The summed E-state index contributed by atoms with van der Waals surface area (Å²) in [7, 11) is 1.63. The van der Waals surface area contributed by atoms with Crippen LogP contribution in [0.1, 0.15) is 23.6 Å². The molecule has 174 valence electrons. The van der Waals surface area contributed by atoms with Crippen molar-refractivity contribution in [2.75, 3.05) is 7.11 Å². The van der Waals surface area contributed by atoms with Crippen LogP contribution in [0.2, 0.25) is 0 Å². The maximum Gasteiger partial charge on any atom is 0.129 e. The molecule has 0 unspecified atom stereocenters. The molecule has 0 saturated carbocycles. The third-order valence-corrected chi connectivity index (χ3v) is 5.62. The molecule has 0 saturated heterocycles. The minimum atomic E-state index is -0.598. The Balaban J connectivity index is 1.74. The van der Waals surface area contributed by atoms with Gasteiger partial charge < -0.3 is 14.2 Å². The maximum atomic E-state index is 14.3. The molecule has 0 heterocycles. The minimum Gasteiger partial charge on any atom is -0.497 e. The van der Waals surface area contributed by atoms with E-state index in [1.807, 2.05) is 61.5 Å². The van der Waals surface area contributed by atoms with E-state index in [0.717, 1.165) is 22.9 Å². The van der Waals surface area contributed by atoms with Gasteiger partial charge in [0, 0.05) is 12.0 Å². The first-order valence-corrected chi connectivity index (χ1v) is 11.0. The van der Waals surface area contributed by atoms with Crippen molar-refractivity contribution in [3.8, 4) is 5.75 Å². The molecule has 0 aromatic heterocycles. The molecule has 0 amide bonds. The van der Waals surface area contributed by atoms with Crippen molar-refractivity contribution >= 4 is 0 Å². The van der Waals surface area contributed by atoms with Crippen LogP contribution in [0.3, 0.4) is 0 Å². The molecule has 3 nitrogen and oxygen atoms in total. The highest BCUT2D eigenvalue weighted by Crippen LogP contribution is 2.25. The van der Waals surface area contributed by atoms with Crippen LogP contribution in [0, 0.1) is 17.6 Å². The van der Waals surface area contributed by atoms with Gasteiger partial charge in [-0.3, -0.25) is 0 Å². The van der Waals surface area contributed by atoms with Gasteiger partial charge in [0.05, 0.1) is 32.5 Å². The summed E-state index contributed by atoms with van der Waals surface area (Å²) < 4.78 is 45.3. The lowest BCUT2D eigenvalue weighted by Crippen LogP contribution is -2.36. The zero-order valence-electron chi connectivity index (χ0n) is 19.0. The molecule has 0 radical (unpaired) electrons. The molecule has 0 N–H and O–H groups in total. The van der Waals surface area contributed by atoms with Gasteiger partial charge >= 0.3 is 0 Å². The number of hydrogen-bond acceptors (Lipinski definition) is 3. The van der Waals surface area contributed by atoms with Gasteiger partial charge in [-0.05, 0) is 48.2 Å². The van der Waals surface area contributed by atoms with Gasteiger partial charge in [-0.15, -0.1) is 6.58 Å². The van der Waals surface area contributed by atoms with Crippen LogP contribution in [-0.2, 0) is 29.1 Å². The maximum absolute atomic E-state index is 14.3. The number of halogens is 2. The Hall–Kier alpha value is -3.02. The SMILES string of the molecule is C=C[C@H](Cc1ccc(F)cc1F)[C@@H](OCc1ccccc1)[C@H](C)OCc1ccc(OC)cc1. The molecule has 33 heavy (non-hydrogen) atoms. The molecule has 0 spiro atoms. The van der Waals surface area contributed by atoms with Gasteiger partial charge in [-0.1, -0.05) is 54.6 Å². The van der Waals surface area contributed by atoms with E-state index < -0.39 is 11.6 Å². The van der Waals surface area contributed by atoms with E-state index in [2.05, 4.69) is 6.58 Å². The topological polar surface area (TPSA) is 27.7 Å². The van der Waals surface area contributed by atoms with Gasteiger partial charge in [0.1, 0.15) is 17.4 Å². The summed E-state index contributed by atoms with van der Waals surface area (Å²) in [6.45, 7) is 6.68. The Morgan fingerprint density at radius 1 is 0.879 bits per heavy atom. The number of methoxy groups -OCH3 is 1. The highest BCUT2D eigenvalue weighted by molar-refractivity contribution is 5.26. The van der Waals surface area contributed by atoms with Crippen LogP contribution in [0.5, 0.6) is 5.75 Å². The van der Waals surface area contributed by atoms with Gasteiger partial charge in [-0.2, -0.15) is 0 Å². The van der Waals surface area contributed by atoms with Crippen molar-refractivity contribution in [1.29, 1.82) is 0 Å². The molecule has 3 aromatic carbocycles. The Kier molecular flexibility index (Phi) is 9.16. The lowest BCUT2D eigenvalue weighted by Gasteiger charge is -2.30. The number of ether oxygens (including phenoxy) is 3. The highest BCUT2D eigenvalue weighted by atomic mass is 19.1. The van der Waals surface area contributed by atoms with Crippen molar-refractivity contribution in [3.05, 3.63) is 114 Å². The van der Waals surface area contributed by atoms with Crippen molar-refractivity contribution in [1.82, 2.24) is 0 Å². The first kappa shape index (κ1) is 24.6. The number of hydrogen-bond donors (Lipinski definition) is 0. The van der Waals surface area contributed by atoms with Crippen molar-refractivity contribution in [3.63, 3.8) is 0 Å². The zero-order valence-corrected chi connectivity index (χ0v) is 19.0. The Bertz CT molecular complexity index is 1010. The van der Waals surface area contributed by atoms with E-state index in [1.165, 1.54) is 12.1 Å². The molecule has 0 aliphatic heterocycles. The molecule has 0 fully saturated rings. The lowest BCUT2D eigenvalue weighted by molar-refractivity contribution is -0.0943. The predicted molar refractivity (Wildman–Crippen MR) is 126 cm³/mol. The summed E-state index contributed by atoms with van der Waals surface area (Å²) in [5.41, 5.74) is 2.45. The normalized spacial score (nSPS) is 13.8. The fraction of sp³-hybridized carbons (Fsp3) is 0.286. The van der Waals surface area contributed by atoms with Gasteiger partial charge in [-0.25, -0.2) is 8.78 Å². The molecule has 3 aromatic rings. The fourth-order valence-electron chi connectivity index (χ4n) is 3.69. The van der Waals surface area contributed by atoms with Crippen LogP contribution >= 0.6 is 0 Å². The summed E-state index contributed by atoms with van der Waals surface area (Å²) in [4.78, 5) is 0. The van der Waals surface area contributed by atoms with E-state index in [-0.39, 0.29) is 18.1 Å². The van der Waals surface area contributed by atoms with Gasteiger partial charge in [0.25, 0.3) is 0 Å². The smallest absolute Gasteiger partial charge is 0.129 e. The predicted octanol–water partition coefficient (Wildman–Crippen LogP) is 6.51. The minimum absolute atomic E-state index is 0.237. The summed E-state index contributed by atoms with van der Waals surface area (Å²) in [6, 6.07) is 21.1. The average Bonchev–Trinajstić information content (AvgIpc) is 2.84. The second-order valence-electron chi connectivity index (χ2n) is 7.96. The molecular formula is C28H30F2O3. The second kappa shape index (κ2) is 12.3. The Morgan fingerprint density at radius 3 is 2.18 bits per heavy atom. The number of benzene rings is 3. The van der Waals surface area contributed by atoms with Crippen LogP contribution in [0.4, 0.5) is 8.78 Å². The van der Waals surface area contributed by atoms with Gasteiger partial charge in [0.2, 0.25) is 0 Å². The molecule has 0 aliphatic rings.